The molecule has 1 atom stereocenters. The number of ether oxygens (including phenoxy) is 1. The van der Waals surface area contributed by atoms with E-state index in [0.29, 0.717) is 17.4 Å². The molecule has 0 aliphatic heterocycles. The molecule has 3 N–H and O–H groups in total. The number of nitrogens with one attached hydrogen (secondary N) is 1. The van der Waals surface area contributed by atoms with Gasteiger partial charge in [0.2, 0.25) is 0 Å². The number of esters is 1. The summed E-state index contributed by atoms with van der Waals surface area (Å²) >= 11 is 4.92. The van der Waals surface area contributed by atoms with Crippen LogP contribution in [0.25, 0.3) is 0 Å². The lowest BCUT2D eigenvalue weighted by Gasteiger charge is -2.14. The van der Waals surface area contributed by atoms with E-state index in [2.05, 4.69) is 10.3 Å². The van der Waals surface area contributed by atoms with Crippen LogP contribution in [0.4, 0.5) is 5.82 Å². The molecule has 1 rings (SSSR count). The average Bonchev–Trinajstić information content (AvgIpc) is 2.28. The molecule has 1 aromatic heterocycles. The number of anilines is 1. The van der Waals surface area contributed by atoms with Crippen LogP contribution in [0.2, 0.25) is 0 Å². The normalized spacial score (nSPS) is 11.7. The van der Waals surface area contributed by atoms with Gasteiger partial charge in [0.05, 0.1) is 6.61 Å². The van der Waals surface area contributed by atoms with Crippen molar-refractivity contribution in [3.63, 3.8) is 0 Å². The zero-order valence-electron chi connectivity index (χ0n) is 10.7. The number of aryl methyl sites for hydroxylation is 1. The lowest BCUT2D eigenvalue weighted by Crippen LogP contribution is -2.28. The van der Waals surface area contributed by atoms with Crippen LogP contribution in [0, 0.1) is 6.92 Å². The molecule has 1 heterocycles. The lowest BCUT2D eigenvalue weighted by atomic mass is 10.2. The van der Waals surface area contributed by atoms with Crippen molar-refractivity contribution in [1.29, 1.82) is 0 Å². The summed E-state index contributed by atoms with van der Waals surface area (Å²) in [5.41, 5.74) is 7.07. The third kappa shape index (κ3) is 3.96. The predicted molar refractivity (Wildman–Crippen MR) is 74.6 cm³/mol. The van der Waals surface area contributed by atoms with Crippen LogP contribution in [0.5, 0.6) is 0 Å². The summed E-state index contributed by atoms with van der Waals surface area (Å²) in [6.07, 6.45) is 0. The van der Waals surface area contributed by atoms with E-state index >= 15 is 0 Å². The van der Waals surface area contributed by atoms with Gasteiger partial charge in [-0.15, -0.1) is 0 Å². The van der Waals surface area contributed by atoms with E-state index in [9.17, 15) is 4.79 Å². The highest BCUT2D eigenvalue weighted by Gasteiger charge is 2.14. The molecule has 0 fully saturated rings. The van der Waals surface area contributed by atoms with Gasteiger partial charge in [-0.1, -0.05) is 12.2 Å². The number of thiocarbonyl (C=S) groups is 1. The molecule has 0 radical (unpaired) electrons. The fourth-order valence-corrected chi connectivity index (χ4v) is 1.55. The third-order valence-corrected chi connectivity index (χ3v) is 2.48. The maximum absolute atomic E-state index is 11.5. The number of aromatic nitrogens is 1. The van der Waals surface area contributed by atoms with E-state index in [0.717, 1.165) is 11.3 Å². The van der Waals surface area contributed by atoms with E-state index in [1.807, 2.05) is 6.92 Å². The summed E-state index contributed by atoms with van der Waals surface area (Å²) in [6, 6.07) is 3.03. The minimum Gasteiger partial charge on any atom is -0.464 e. The van der Waals surface area contributed by atoms with E-state index in [4.69, 9.17) is 22.7 Å². The zero-order chi connectivity index (χ0) is 13.7. The molecule has 0 saturated carbocycles. The number of pyridine rings is 1. The van der Waals surface area contributed by atoms with E-state index in [1.165, 1.54) is 0 Å². The van der Waals surface area contributed by atoms with Crippen LogP contribution in [-0.2, 0) is 9.53 Å². The number of nitrogens with two attached hydrogens (primary N) is 1. The Morgan fingerprint density at radius 1 is 1.61 bits per heavy atom. The van der Waals surface area contributed by atoms with Crippen molar-refractivity contribution < 1.29 is 9.53 Å². The number of carbonyl (C=O) groups excluding carboxylic acids is 1. The number of rotatable bonds is 5. The Balaban J connectivity index is 2.84. The van der Waals surface area contributed by atoms with Gasteiger partial charge >= 0.3 is 5.97 Å². The van der Waals surface area contributed by atoms with Gasteiger partial charge in [0.25, 0.3) is 0 Å². The number of carbonyl (C=O) groups is 1. The van der Waals surface area contributed by atoms with Gasteiger partial charge in [-0.3, -0.25) is 0 Å². The van der Waals surface area contributed by atoms with Crippen molar-refractivity contribution in [2.45, 2.75) is 26.8 Å². The van der Waals surface area contributed by atoms with Gasteiger partial charge in [0.15, 0.2) is 0 Å². The topological polar surface area (TPSA) is 77.2 Å². The van der Waals surface area contributed by atoms with E-state index in [-0.39, 0.29) is 5.97 Å². The van der Waals surface area contributed by atoms with Crippen molar-refractivity contribution >= 4 is 29.0 Å². The standard InChI is InChI=1S/C12H17N3O2S/c1-4-17-12(16)8(3)15-10-6-9(11(13)18)5-7(2)14-10/h5-6,8H,4H2,1-3H3,(H2,13,18)(H,14,15). The monoisotopic (exact) mass is 267 g/mol. The Kier molecular flexibility index (Phi) is 5.03. The molecule has 18 heavy (non-hydrogen) atoms. The zero-order valence-corrected chi connectivity index (χ0v) is 11.5. The predicted octanol–water partition coefficient (Wildman–Crippen LogP) is 1.39. The van der Waals surface area contributed by atoms with Crippen molar-refractivity contribution in [1.82, 2.24) is 4.98 Å². The van der Waals surface area contributed by atoms with Crippen molar-refractivity contribution in [2.75, 3.05) is 11.9 Å². The maximum atomic E-state index is 11.5. The van der Waals surface area contributed by atoms with Gasteiger partial charge in [0, 0.05) is 11.3 Å². The highest BCUT2D eigenvalue weighted by Crippen LogP contribution is 2.11. The summed E-state index contributed by atoms with van der Waals surface area (Å²) < 4.78 is 4.90. The second-order valence-corrected chi connectivity index (χ2v) is 4.30. The van der Waals surface area contributed by atoms with Gasteiger partial charge in [-0.05, 0) is 32.9 Å². The Morgan fingerprint density at radius 2 is 2.28 bits per heavy atom. The number of nitrogens with zero attached hydrogens (tertiary/aromatic N) is 1. The second kappa shape index (κ2) is 6.30. The summed E-state index contributed by atoms with van der Waals surface area (Å²) in [5.74, 6) is 0.232. The third-order valence-electron chi connectivity index (χ3n) is 2.24. The van der Waals surface area contributed by atoms with Crippen LogP contribution in [0.3, 0.4) is 0 Å². The summed E-state index contributed by atoms with van der Waals surface area (Å²) in [7, 11) is 0. The van der Waals surface area contributed by atoms with Gasteiger partial charge in [-0.25, -0.2) is 9.78 Å². The summed E-state index contributed by atoms with van der Waals surface area (Å²) in [5, 5.41) is 2.96. The first-order chi connectivity index (χ1) is 8.43. The highest BCUT2D eigenvalue weighted by atomic mass is 32.1. The quantitative estimate of drug-likeness (QED) is 0.620. The minimum absolute atomic E-state index is 0.298. The van der Waals surface area contributed by atoms with Gasteiger partial charge in [0.1, 0.15) is 16.8 Å². The van der Waals surface area contributed by atoms with Crippen LogP contribution < -0.4 is 11.1 Å². The Hall–Kier alpha value is -1.69. The molecule has 98 valence electrons. The molecule has 1 aromatic rings. The fraction of sp³-hybridized carbons (Fsp3) is 0.417. The molecule has 0 amide bonds. The summed E-state index contributed by atoms with van der Waals surface area (Å²) in [4.78, 5) is 16.1. The Morgan fingerprint density at radius 3 is 2.83 bits per heavy atom. The largest absolute Gasteiger partial charge is 0.464 e. The molecule has 5 nitrogen and oxygen atoms in total. The molecular weight excluding hydrogens is 250 g/mol. The first-order valence-corrected chi connectivity index (χ1v) is 6.06. The lowest BCUT2D eigenvalue weighted by molar-refractivity contribution is -0.143. The van der Waals surface area contributed by atoms with E-state index < -0.39 is 6.04 Å². The number of hydrogen-bond acceptors (Lipinski definition) is 5. The molecule has 0 spiro atoms. The fourth-order valence-electron chi connectivity index (χ4n) is 1.43. The van der Waals surface area contributed by atoms with E-state index in [1.54, 1.807) is 26.0 Å². The minimum atomic E-state index is -0.474. The van der Waals surface area contributed by atoms with Gasteiger partial charge < -0.3 is 15.8 Å². The second-order valence-electron chi connectivity index (χ2n) is 3.86. The SMILES string of the molecule is CCOC(=O)C(C)Nc1cc(C(N)=S)cc(C)n1. The molecular formula is C12H17N3O2S. The molecule has 0 aliphatic carbocycles. The van der Waals surface area contributed by atoms with Gasteiger partial charge in [-0.2, -0.15) is 0 Å². The van der Waals surface area contributed by atoms with Crippen molar-refractivity contribution in [3.05, 3.63) is 23.4 Å². The smallest absolute Gasteiger partial charge is 0.328 e. The number of hydrogen-bond donors (Lipinski definition) is 2. The first-order valence-electron chi connectivity index (χ1n) is 5.65. The molecule has 6 heteroatoms. The Bertz CT molecular complexity index is 463. The summed E-state index contributed by atoms with van der Waals surface area (Å²) in [6.45, 7) is 5.66. The van der Waals surface area contributed by atoms with Crippen LogP contribution in [0.15, 0.2) is 12.1 Å². The van der Waals surface area contributed by atoms with Crippen molar-refractivity contribution in [3.8, 4) is 0 Å². The van der Waals surface area contributed by atoms with Crippen LogP contribution >= 0.6 is 12.2 Å². The van der Waals surface area contributed by atoms with Crippen molar-refractivity contribution in [2.24, 2.45) is 5.73 Å². The molecule has 1 unspecified atom stereocenters. The molecule has 0 aliphatic rings. The maximum Gasteiger partial charge on any atom is 0.328 e. The highest BCUT2D eigenvalue weighted by molar-refractivity contribution is 7.80. The molecule has 0 bridgehead atoms. The Labute approximate surface area is 112 Å². The average molecular weight is 267 g/mol. The van der Waals surface area contributed by atoms with Crippen LogP contribution in [0.1, 0.15) is 25.1 Å². The first kappa shape index (κ1) is 14.4. The molecule has 0 aromatic carbocycles. The van der Waals surface area contributed by atoms with Crippen LogP contribution in [-0.4, -0.2) is 28.6 Å². The molecule has 0 saturated heterocycles.